The molecule has 0 spiro atoms. The smallest absolute Gasteiger partial charge is 0.175 e. The van der Waals surface area contributed by atoms with Gasteiger partial charge in [-0.15, -0.1) is 0 Å². The first kappa shape index (κ1) is 15.1. The predicted molar refractivity (Wildman–Crippen MR) is 74.0 cm³/mol. The fourth-order valence-corrected chi connectivity index (χ4v) is 2.69. The van der Waals surface area contributed by atoms with Crippen LogP contribution >= 0.6 is 0 Å². The number of sulfone groups is 1. The highest BCUT2D eigenvalue weighted by molar-refractivity contribution is 7.90. The summed E-state index contributed by atoms with van der Waals surface area (Å²) >= 11 is 0. The molecule has 0 saturated heterocycles. The average Bonchev–Trinajstić information content (AvgIpc) is 2.29. The number of hydrogen-bond acceptors (Lipinski definition) is 4. The molecular formula is C13H22N2O2S. The van der Waals surface area contributed by atoms with Crippen LogP contribution in [0.1, 0.15) is 12.5 Å². The van der Waals surface area contributed by atoms with Crippen LogP contribution in [0.3, 0.4) is 0 Å². The third kappa shape index (κ3) is 4.08. The van der Waals surface area contributed by atoms with Crippen LogP contribution in [0.15, 0.2) is 29.2 Å². The molecule has 4 N–H and O–H groups in total. The molecule has 102 valence electrons. The first-order chi connectivity index (χ1) is 8.38. The maximum Gasteiger partial charge on any atom is 0.175 e. The summed E-state index contributed by atoms with van der Waals surface area (Å²) in [6, 6.07) is 7.07. The van der Waals surface area contributed by atoms with Crippen molar-refractivity contribution in [1.82, 2.24) is 0 Å². The summed E-state index contributed by atoms with van der Waals surface area (Å²) in [5, 5.41) is 0. The molecule has 0 aliphatic carbocycles. The van der Waals surface area contributed by atoms with E-state index in [9.17, 15) is 8.42 Å². The van der Waals surface area contributed by atoms with Crippen molar-refractivity contribution >= 4 is 9.84 Å². The molecule has 4 nitrogen and oxygen atoms in total. The van der Waals surface area contributed by atoms with Gasteiger partial charge in [-0.1, -0.05) is 19.1 Å². The summed E-state index contributed by atoms with van der Waals surface area (Å²) < 4.78 is 23.0. The Kier molecular flexibility index (Phi) is 5.31. The van der Waals surface area contributed by atoms with Crippen molar-refractivity contribution < 1.29 is 8.42 Å². The molecular weight excluding hydrogens is 248 g/mol. The number of hydrogen-bond donors (Lipinski definition) is 2. The minimum absolute atomic E-state index is 0.270. The van der Waals surface area contributed by atoms with Crippen LogP contribution in [0.5, 0.6) is 0 Å². The lowest BCUT2D eigenvalue weighted by Crippen LogP contribution is -2.30. The van der Waals surface area contributed by atoms with Gasteiger partial charge in [0.05, 0.1) is 4.90 Å². The number of benzene rings is 1. The average molecular weight is 270 g/mol. The zero-order valence-corrected chi connectivity index (χ0v) is 11.8. The van der Waals surface area contributed by atoms with E-state index in [0.717, 1.165) is 12.0 Å². The monoisotopic (exact) mass is 270 g/mol. The van der Waals surface area contributed by atoms with Gasteiger partial charge in [-0.2, -0.15) is 0 Å². The first-order valence-electron chi connectivity index (χ1n) is 6.07. The third-order valence-electron chi connectivity index (χ3n) is 3.29. The number of rotatable bonds is 6. The molecule has 1 aromatic rings. The second-order valence-electron chi connectivity index (χ2n) is 4.83. The van der Waals surface area contributed by atoms with Crippen LogP contribution in [0.4, 0.5) is 0 Å². The molecule has 0 aromatic heterocycles. The van der Waals surface area contributed by atoms with E-state index in [-0.39, 0.29) is 5.92 Å². The lowest BCUT2D eigenvalue weighted by atomic mass is 9.88. The summed E-state index contributed by atoms with van der Waals surface area (Å²) in [6.45, 7) is 3.21. The second kappa shape index (κ2) is 6.31. The quantitative estimate of drug-likeness (QED) is 0.800. The van der Waals surface area contributed by atoms with Gasteiger partial charge >= 0.3 is 0 Å². The van der Waals surface area contributed by atoms with Gasteiger partial charge in [-0.25, -0.2) is 8.42 Å². The van der Waals surface area contributed by atoms with Gasteiger partial charge in [0.1, 0.15) is 0 Å². The van der Waals surface area contributed by atoms with Crippen LogP contribution in [0.2, 0.25) is 0 Å². The van der Waals surface area contributed by atoms with Crippen molar-refractivity contribution in [2.24, 2.45) is 23.3 Å². The Morgan fingerprint density at radius 1 is 1.22 bits per heavy atom. The maximum atomic E-state index is 11.5. The molecule has 1 rings (SSSR count). The van der Waals surface area contributed by atoms with Gasteiger partial charge in [0.25, 0.3) is 0 Å². The van der Waals surface area contributed by atoms with Gasteiger partial charge in [0.2, 0.25) is 0 Å². The maximum absolute atomic E-state index is 11.5. The van der Waals surface area contributed by atoms with E-state index in [1.165, 1.54) is 6.26 Å². The summed E-state index contributed by atoms with van der Waals surface area (Å²) in [6.07, 6.45) is 2.01. The van der Waals surface area contributed by atoms with Crippen molar-refractivity contribution in [2.45, 2.75) is 18.2 Å². The topological polar surface area (TPSA) is 86.2 Å². The van der Waals surface area contributed by atoms with Crippen molar-refractivity contribution in [3.63, 3.8) is 0 Å². The zero-order chi connectivity index (χ0) is 13.8. The second-order valence-corrected chi connectivity index (χ2v) is 6.85. The molecule has 0 amide bonds. The molecule has 1 aromatic carbocycles. The van der Waals surface area contributed by atoms with Crippen LogP contribution < -0.4 is 11.5 Å². The molecule has 0 aliphatic heterocycles. The molecule has 0 aliphatic rings. The molecule has 0 fully saturated rings. The van der Waals surface area contributed by atoms with Crippen molar-refractivity contribution in [2.75, 3.05) is 19.3 Å². The van der Waals surface area contributed by atoms with E-state index in [4.69, 9.17) is 11.5 Å². The van der Waals surface area contributed by atoms with Crippen LogP contribution in [0, 0.1) is 11.8 Å². The van der Waals surface area contributed by atoms with Gasteiger partial charge in [-0.3, -0.25) is 0 Å². The fourth-order valence-electron chi connectivity index (χ4n) is 2.00. The highest BCUT2D eigenvalue weighted by Gasteiger charge is 2.15. The van der Waals surface area contributed by atoms with Gasteiger partial charge in [-0.05, 0) is 49.0 Å². The Hall–Kier alpha value is -0.910. The Labute approximate surface area is 109 Å². The van der Waals surface area contributed by atoms with Gasteiger partial charge in [0.15, 0.2) is 9.84 Å². The highest BCUT2D eigenvalue weighted by atomic mass is 32.2. The predicted octanol–water partition coefficient (Wildman–Crippen LogP) is 0.802. The Morgan fingerprint density at radius 3 is 2.33 bits per heavy atom. The van der Waals surface area contributed by atoms with Crippen molar-refractivity contribution in [1.29, 1.82) is 0 Å². The first-order valence-corrected chi connectivity index (χ1v) is 7.96. The van der Waals surface area contributed by atoms with Crippen LogP contribution in [0.25, 0.3) is 0 Å². The zero-order valence-electron chi connectivity index (χ0n) is 11.0. The van der Waals surface area contributed by atoms with Gasteiger partial charge < -0.3 is 11.5 Å². The Bertz CT molecular complexity index is 482. The van der Waals surface area contributed by atoms with Gasteiger partial charge in [0, 0.05) is 6.26 Å². The van der Waals surface area contributed by atoms with E-state index in [0.29, 0.717) is 23.9 Å². The van der Waals surface area contributed by atoms with Crippen molar-refractivity contribution in [3.05, 3.63) is 29.8 Å². The van der Waals surface area contributed by atoms with E-state index < -0.39 is 9.84 Å². The van der Waals surface area contributed by atoms with Crippen molar-refractivity contribution in [3.8, 4) is 0 Å². The summed E-state index contributed by atoms with van der Waals surface area (Å²) in [7, 11) is -3.14. The van der Waals surface area contributed by atoms with E-state index in [2.05, 4.69) is 6.92 Å². The summed E-state index contributed by atoms with van der Waals surface area (Å²) in [4.78, 5) is 0.365. The minimum atomic E-state index is -3.14. The number of nitrogens with two attached hydrogens (primary N) is 2. The molecule has 1 unspecified atom stereocenters. The molecule has 0 radical (unpaired) electrons. The lowest BCUT2D eigenvalue weighted by molar-refractivity contribution is 0.372. The van der Waals surface area contributed by atoms with E-state index >= 15 is 0 Å². The Morgan fingerprint density at radius 2 is 1.83 bits per heavy atom. The standard InChI is InChI=1S/C13H22N2O2S/c1-10(12(8-14)9-15)6-11-4-3-5-13(7-11)18(2,16)17/h3-5,7,10,12H,6,8-9,14-15H2,1-2H3. The minimum Gasteiger partial charge on any atom is -0.330 e. The van der Waals surface area contributed by atoms with Crippen LogP contribution in [-0.2, 0) is 16.3 Å². The molecule has 0 bridgehead atoms. The molecule has 0 saturated carbocycles. The normalized spacial score (nSPS) is 13.8. The summed E-state index contributed by atoms with van der Waals surface area (Å²) in [5.74, 6) is 0.613. The van der Waals surface area contributed by atoms with E-state index in [1.54, 1.807) is 18.2 Å². The molecule has 18 heavy (non-hydrogen) atoms. The highest BCUT2D eigenvalue weighted by Crippen LogP contribution is 2.18. The SMILES string of the molecule is CC(Cc1cccc(S(C)(=O)=O)c1)C(CN)CN. The third-order valence-corrected chi connectivity index (χ3v) is 4.40. The van der Waals surface area contributed by atoms with Crippen LogP contribution in [-0.4, -0.2) is 27.8 Å². The Balaban J connectivity index is 2.86. The lowest BCUT2D eigenvalue weighted by Gasteiger charge is -2.21. The van der Waals surface area contributed by atoms with E-state index in [1.807, 2.05) is 6.07 Å². The molecule has 1 atom stereocenters. The fraction of sp³-hybridized carbons (Fsp3) is 0.538. The molecule has 5 heteroatoms. The summed E-state index contributed by atoms with van der Waals surface area (Å²) in [5.41, 5.74) is 12.3. The largest absolute Gasteiger partial charge is 0.330 e. The molecule has 0 heterocycles.